The van der Waals surface area contributed by atoms with E-state index in [9.17, 15) is 4.79 Å². The quantitative estimate of drug-likeness (QED) is 0.838. The predicted octanol–water partition coefficient (Wildman–Crippen LogP) is 1.13. The Kier molecular flexibility index (Phi) is 4.70. The van der Waals surface area contributed by atoms with E-state index >= 15 is 0 Å². The molecule has 98 valence electrons. The van der Waals surface area contributed by atoms with Gasteiger partial charge in [-0.25, -0.2) is 0 Å². The van der Waals surface area contributed by atoms with Gasteiger partial charge in [0, 0.05) is 24.9 Å². The van der Waals surface area contributed by atoms with Gasteiger partial charge in [-0.2, -0.15) is 0 Å². The van der Waals surface area contributed by atoms with Crippen molar-refractivity contribution in [2.45, 2.75) is 32.2 Å². The second-order valence-corrected chi connectivity index (χ2v) is 5.00. The van der Waals surface area contributed by atoms with Gasteiger partial charge in [0.25, 0.3) is 0 Å². The van der Waals surface area contributed by atoms with Crippen LogP contribution in [-0.2, 0) is 11.2 Å². The molecule has 2 unspecified atom stereocenters. The number of hydrogen-bond donors (Lipinski definition) is 2. The lowest BCUT2D eigenvalue weighted by atomic mass is 9.94. The number of carbonyl (C=O) groups excluding carboxylic acids is 1. The third-order valence-electron chi connectivity index (χ3n) is 3.39. The fourth-order valence-electron chi connectivity index (χ4n) is 2.29. The normalized spacial score (nSPS) is 23.6. The SMILES string of the molecule is CC1CCNC(C(=O)NCCc2ccccn2)C1. The maximum atomic E-state index is 11.9. The van der Waals surface area contributed by atoms with Crippen LogP contribution in [-0.4, -0.2) is 30.0 Å². The van der Waals surface area contributed by atoms with Crippen molar-refractivity contribution in [3.05, 3.63) is 30.1 Å². The molecule has 1 aliphatic rings. The standard InChI is InChI=1S/C14H21N3O/c1-11-5-8-16-13(10-11)14(18)17-9-6-12-4-2-3-7-15-12/h2-4,7,11,13,16H,5-6,8-10H2,1H3,(H,17,18). The first-order valence-electron chi connectivity index (χ1n) is 6.66. The minimum absolute atomic E-state index is 0.0162. The van der Waals surface area contributed by atoms with Crippen molar-refractivity contribution in [2.24, 2.45) is 5.92 Å². The molecule has 1 aromatic heterocycles. The number of piperidine rings is 1. The maximum Gasteiger partial charge on any atom is 0.237 e. The summed E-state index contributed by atoms with van der Waals surface area (Å²) < 4.78 is 0. The lowest BCUT2D eigenvalue weighted by Crippen LogP contribution is -2.48. The Morgan fingerprint density at radius 2 is 2.44 bits per heavy atom. The number of aromatic nitrogens is 1. The summed E-state index contributed by atoms with van der Waals surface area (Å²) in [5.41, 5.74) is 1.02. The van der Waals surface area contributed by atoms with Crippen LogP contribution in [0.3, 0.4) is 0 Å². The molecule has 1 fully saturated rings. The van der Waals surface area contributed by atoms with Gasteiger partial charge in [0.1, 0.15) is 0 Å². The summed E-state index contributed by atoms with van der Waals surface area (Å²) in [6.45, 7) is 3.80. The third kappa shape index (κ3) is 3.81. The van der Waals surface area contributed by atoms with E-state index in [4.69, 9.17) is 0 Å². The highest BCUT2D eigenvalue weighted by atomic mass is 16.2. The highest BCUT2D eigenvalue weighted by Gasteiger charge is 2.23. The fourth-order valence-corrected chi connectivity index (χ4v) is 2.29. The molecule has 4 nitrogen and oxygen atoms in total. The molecule has 0 radical (unpaired) electrons. The molecule has 0 aliphatic carbocycles. The second-order valence-electron chi connectivity index (χ2n) is 5.00. The molecule has 18 heavy (non-hydrogen) atoms. The maximum absolute atomic E-state index is 11.9. The van der Waals surface area contributed by atoms with Gasteiger partial charge < -0.3 is 10.6 Å². The Bertz CT molecular complexity index is 380. The summed E-state index contributed by atoms with van der Waals surface area (Å²) in [4.78, 5) is 16.2. The fraction of sp³-hybridized carbons (Fsp3) is 0.571. The van der Waals surface area contributed by atoms with Crippen LogP contribution < -0.4 is 10.6 Å². The molecule has 1 aromatic rings. The van der Waals surface area contributed by atoms with Crippen LogP contribution in [0.2, 0.25) is 0 Å². The Morgan fingerprint density at radius 3 is 3.17 bits per heavy atom. The first kappa shape index (κ1) is 13.0. The van der Waals surface area contributed by atoms with Gasteiger partial charge in [-0.05, 0) is 37.4 Å². The molecular weight excluding hydrogens is 226 g/mol. The van der Waals surface area contributed by atoms with E-state index < -0.39 is 0 Å². The van der Waals surface area contributed by atoms with Crippen molar-refractivity contribution < 1.29 is 4.79 Å². The number of rotatable bonds is 4. The summed E-state index contributed by atoms with van der Waals surface area (Å²) in [7, 11) is 0. The minimum atomic E-state index is -0.0162. The van der Waals surface area contributed by atoms with E-state index in [0.717, 1.165) is 31.5 Å². The smallest absolute Gasteiger partial charge is 0.237 e. The number of nitrogens with zero attached hydrogens (tertiary/aromatic N) is 1. The molecule has 4 heteroatoms. The zero-order chi connectivity index (χ0) is 12.8. The number of carbonyl (C=O) groups is 1. The van der Waals surface area contributed by atoms with E-state index in [1.807, 2.05) is 18.2 Å². The Balaban J connectivity index is 1.71. The monoisotopic (exact) mass is 247 g/mol. The topological polar surface area (TPSA) is 54.0 Å². The van der Waals surface area contributed by atoms with Crippen LogP contribution >= 0.6 is 0 Å². The molecule has 0 bridgehead atoms. The molecule has 1 amide bonds. The van der Waals surface area contributed by atoms with Crippen molar-refractivity contribution in [3.63, 3.8) is 0 Å². The predicted molar refractivity (Wildman–Crippen MR) is 71.1 cm³/mol. The average molecular weight is 247 g/mol. The Hall–Kier alpha value is -1.42. The van der Waals surface area contributed by atoms with Gasteiger partial charge in [-0.15, -0.1) is 0 Å². The highest BCUT2D eigenvalue weighted by Crippen LogP contribution is 2.14. The third-order valence-corrected chi connectivity index (χ3v) is 3.39. The molecule has 0 spiro atoms. The van der Waals surface area contributed by atoms with E-state index in [1.165, 1.54) is 0 Å². The first-order chi connectivity index (χ1) is 8.75. The average Bonchev–Trinajstić information content (AvgIpc) is 2.40. The van der Waals surface area contributed by atoms with E-state index in [1.54, 1.807) is 6.20 Å². The number of pyridine rings is 1. The van der Waals surface area contributed by atoms with Crippen LogP contribution in [0.1, 0.15) is 25.5 Å². The van der Waals surface area contributed by atoms with Gasteiger partial charge in [0.05, 0.1) is 6.04 Å². The van der Waals surface area contributed by atoms with E-state index in [0.29, 0.717) is 12.5 Å². The van der Waals surface area contributed by atoms with Gasteiger partial charge in [0.15, 0.2) is 0 Å². The summed E-state index contributed by atoms with van der Waals surface area (Å²) in [6.07, 6.45) is 4.67. The summed E-state index contributed by atoms with van der Waals surface area (Å²) >= 11 is 0. The lowest BCUT2D eigenvalue weighted by Gasteiger charge is -2.27. The van der Waals surface area contributed by atoms with Gasteiger partial charge in [-0.3, -0.25) is 9.78 Å². The second kappa shape index (κ2) is 6.50. The summed E-state index contributed by atoms with van der Waals surface area (Å²) in [5, 5.41) is 6.25. The lowest BCUT2D eigenvalue weighted by molar-refractivity contribution is -0.124. The molecule has 1 aliphatic heterocycles. The van der Waals surface area contributed by atoms with Crippen LogP contribution in [0.15, 0.2) is 24.4 Å². The van der Waals surface area contributed by atoms with E-state index in [2.05, 4.69) is 22.5 Å². The van der Waals surface area contributed by atoms with Crippen molar-refractivity contribution >= 4 is 5.91 Å². The van der Waals surface area contributed by atoms with Crippen LogP contribution in [0.4, 0.5) is 0 Å². The van der Waals surface area contributed by atoms with Crippen LogP contribution in [0, 0.1) is 5.92 Å². The van der Waals surface area contributed by atoms with Gasteiger partial charge >= 0.3 is 0 Å². The molecule has 2 N–H and O–H groups in total. The molecule has 0 saturated carbocycles. The molecule has 0 aromatic carbocycles. The number of amides is 1. The summed E-state index contributed by atoms with van der Waals surface area (Å²) in [6, 6.07) is 5.83. The zero-order valence-corrected chi connectivity index (χ0v) is 10.9. The van der Waals surface area contributed by atoms with Crippen LogP contribution in [0.25, 0.3) is 0 Å². The van der Waals surface area contributed by atoms with Crippen molar-refractivity contribution in [3.8, 4) is 0 Å². The highest BCUT2D eigenvalue weighted by molar-refractivity contribution is 5.81. The van der Waals surface area contributed by atoms with E-state index in [-0.39, 0.29) is 11.9 Å². The first-order valence-corrected chi connectivity index (χ1v) is 6.66. The minimum Gasteiger partial charge on any atom is -0.354 e. The molecular formula is C14H21N3O. The Morgan fingerprint density at radius 1 is 1.56 bits per heavy atom. The Labute approximate surface area is 108 Å². The van der Waals surface area contributed by atoms with Gasteiger partial charge in [0.2, 0.25) is 5.91 Å². The number of hydrogen-bond acceptors (Lipinski definition) is 3. The molecule has 2 heterocycles. The zero-order valence-electron chi connectivity index (χ0n) is 10.9. The van der Waals surface area contributed by atoms with Crippen molar-refractivity contribution in [2.75, 3.05) is 13.1 Å². The molecule has 2 atom stereocenters. The summed E-state index contributed by atoms with van der Waals surface area (Å²) in [5.74, 6) is 0.760. The van der Waals surface area contributed by atoms with Crippen LogP contribution in [0.5, 0.6) is 0 Å². The largest absolute Gasteiger partial charge is 0.354 e. The van der Waals surface area contributed by atoms with Gasteiger partial charge in [-0.1, -0.05) is 13.0 Å². The molecule has 1 saturated heterocycles. The molecule has 2 rings (SSSR count). The van der Waals surface area contributed by atoms with Crippen molar-refractivity contribution in [1.29, 1.82) is 0 Å². The number of nitrogens with one attached hydrogen (secondary N) is 2. The van der Waals surface area contributed by atoms with Crippen molar-refractivity contribution in [1.82, 2.24) is 15.6 Å².